The van der Waals surface area contributed by atoms with E-state index in [4.69, 9.17) is 0 Å². The zero-order valence-corrected chi connectivity index (χ0v) is 10.3. The third-order valence-electron chi connectivity index (χ3n) is 3.20. The Labute approximate surface area is 106 Å². The highest BCUT2D eigenvalue weighted by atomic mass is 16.5. The molecule has 0 bridgehead atoms. The van der Waals surface area contributed by atoms with Gasteiger partial charge in [-0.05, 0) is 31.0 Å². The number of hydrogen-bond acceptors (Lipinski definition) is 5. The lowest BCUT2D eigenvalue weighted by Crippen LogP contribution is -2.19. The van der Waals surface area contributed by atoms with E-state index < -0.39 is 12.1 Å². The van der Waals surface area contributed by atoms with Gasteiger partial charge in [0.25, 0.3) is 0 Å². The Morgan fingerprint density at radius 1 is 1.39 bits per heavy atom. The SMILES string of the molecule is COC(=O)C(O)c1cc(N2CCCC2)ccc1O. The number of phenolic OH excluding ortho intramolecular Hbond substituents is 1. The second-order valence-electron chi connectivity index (χ2n) is 4.36. The van der Waals surface area contributed by atoms with Crippen LogP contribution in [0.2, 0.25) is 0 Å². The summed E-state index contributed by atoms with van der Waals surface area (Å²) in [4.78, 5) is 13.5. The number of benzene rings is 1. The predicted molar refractivity (Wildman–Crippen MR) is 66.5 cm³/mol. The molecule has 5 heteroatoms. The fourth-order valence-corrected chi connectivity index (χ4v) is 2.17. The van der Waals surface area contributed by atoms with Crippen LogP contribution in [-0.2, 0) is 9.53 Å². The van der Waals surface area contributed by atoms with E-state index in [9.17, 15) is 15.0 Å². The number of aliphatic hydroxyl groups is 1. The van der Waals surface area contributed by atoms with Crippen molar-refractivity contribution in [2.45, 2.75) is 18.9 Å². The third-order valence-corrected chi connectivity index (χ3v) is 3.20. The van der Waals surface area contributed by atoms with Crippen molar-refractivity contribution in [2.24, 2.45) is 0 Å². The van der Waals surface area contributed by atoms with Gasteiger partial charge in [0, 0.05) is 24.3 Å². The van der Waals surface area contributed by atoms with E-state index in [0.717, 1.165) is 31.6 Å². The largest absolute Gasteiger partial charge is 0.508 e. The second kappa shape index (κ2) is 5.27. The van der Waals surface area contributed by atoms with Crippen LogP contribution in [0.15, 0.2) is 18.2 Å². The van der Waals surface area contributed by atoms with Crippen LogP contribution in [0.3, 0.4) is 0 Å². The number of anilines is 1. The van der Waals surface area contributed by atoms with Crippen LogP contribution in [0.1, 0.15) is 24.5 Å². The summed E-state index contributed by atoms with van der Waals surface area (Å²) in [6, 6.07) is 4.92. The van der Waals surface area contributed by atoms with Gasteiger partial charge in [0.15, 0.2) is 6.10 Å². The van der Waals surface area contributed by atoms with Gasteiger partial charge in [-0.3, -0.25) is 0 Å². The molecule has 1 saturated heterocycles. The Morgan fingerprint density at radius 3 is 2.67 bits per heavy atom. The number of rotatable bonds is 3. The maximum Gasteiger partial charge on any atom is 0.339 e. The number of carbonyl (C=O) groups excluding carboxylic acids is 1. The molecule has 1 unspecified atom stereocenters. The van der Waals surface area contributed by atoms with Crippen molar-refractivity contribution in [3.8, 4) is 5.75 Å². The lowest BCUT2D eigenvalue weighted by atomic mass is 10.1. The van der Waals surface area contributed by atoms with Gasteiger partial charge < -0.3 is 19.8 Å². The first kappa shape index (κ1) is 12.7. The Kier molecular flexibility index (Phi) is 3.72. The lowest BCUT2D eigenvalue weighted by Gasteiger charge is -2.20. The predicted octanol–water partition coefficient (Wildman–Crippen LogP) is 1.20. The molecule has 5 nitrogen and oxygen atoms in total. The minimum atomic E-state index is -1.45. The van der Waals surface area contributed by atoms with Crippen molar-refractivity contribution in [3.05, 3.63) is 23.8 Å². The molecule has 0 aliphatic carbocycles. The molecule has 1 fully saturated rings. The average Bonchev–Trinajstić information content (AvgIpc) is 2.91. The number of methoxy groups -OCH3 is 1. The maximum atomic E-state index is 11.3. The molecule has 0 spiro atoms. The summed E-state index contributed by atoms with van der Waals surface area (Å²) in [7, 11) is 1.20. The van der Waals surface area contributed by atoms with E-state index in [1.54, 1.807) is 12.1 Å². The Balaban J connectivity index is 2.28. The summed E-state index contributed by atoms with van der Waals surface area (Å²) in [6.07, 6.45) is 0.823. The van der Waals surface area contributed by atoms with Crippen LogP contribution in [0.5, 0.6) is 5.75 Å². The van der Waals surface area contributed by atoms with Gasteiger partial charge in [-0.15, -0.1) is 0 Å². The number of hydrogen-bond donors (Lipinski definition) is 2. The molecule has 2 rings (SSSR count). The lowest BCUT2D eigenvalue weighted by molar-refractivity contribution is -0.150. The van der Waals surface area contributed by atoms with Crippen LogP contribution in [0, 0.1) is 0 Å². The molecule has 1 heterocycles. The number of aliphatic hydroxyl groups excluding tert-OH is 1. The highest BCUT2D eigenvalue weighted by Gasteiger charge is 2.23. The van der Waals surface area contributed by atoms with Crippen molar-refractivity contribution in [3.63, 3.8) is 0 Å². The first-order valence-electron chi connectivity index (χ1n) is 5.97. The number of ether oxygens (including phenoxy) is 1. The highest BCUT2D eigenvalue weighted by molar-refractivity contribution is 5.77. The topological polar surface area (TPSA) is 70.0 Å². The van der Waals surface area contributed by atoms with Crippen molar-refractivity contribution in [2.75, 3.05) is 25.1 Å². The van der Waals surface area contributed by atoms with Crippen LogP contribution in [-0.4, -0.2) is 36.4 Å². The van der Waals surface area contributed by atoms with Gasteiger partial charge >= 0.3 is 5.97 Å². The monoisotopic (exact) mass is 251 g/mol. The van der Waals surface area contributed by atoms with Crippen LogP contribution in [0.4, 0.5) is 5.69 Å². The zero-order chi connectivity index (χ0) is 13.1. The number of aromatic hydroxyl groups is 1. The van der Waals surface area contributed by atoms with Crippen molar-refractivity contribution >= 4 is 11.7 Å². The molecule has 1 aromatic carbocycles. The molecule has 2 N–H and O–H groups in total. The second-order valence-corrected chi connectivity index (χ2v) is 4.36. The van der Waals surface area contributed by atoms with E-state index >= 15 is 0 Å². The van der Waals surface area contributed by atoms with Gasteiger partial charge in [0.1, 0.15) is 5.75 Å². The summed E-state index contributed by atoms with van der Waals surface area (Å²) >= 11 is 0. The van der Waals surface area contributed by atoms with Gasteiger partial charge in [-0.2, -0.15) is 0 Å². The van der Waals surface area contributed by atoms with E-state index in [2.05, 4.69) is 9.64 Å². The van der Waals surface area contributed by atoms with Gasteiger partial charge in [-0.1, -0.05) is 0 Å². The summed E-state index contributed by atoms with van der Waals surface area (Å²) < 4.78 is 4.47. The summed E-state index contributed by atoms with van der Waals surface area (Å²) in [5.41, 5.74) is 1.09. The molecule has 0 aromatic heterocycles. The number of nitrogens with zero attached hydrogens (tertiary/aromatic N) is 1. The molecular weight excluding hydrogens is 234 g/mol. The van der Waals surface area contributed by atoms with Gasteiger partial charge in [-0.25, -0.2) is 4.79 Å². The zero-order valence-electron chi connectivity index (χ0n) is 10.3. The Morgan fingerprint density at radius 2 is 2.06 bits per heavy atom. The van der Waals surface area contributed by atoms with Crippen LogP contribution < -0.4 is 4.90 Å². The van der Waals surface area contributed by atoms with Crippen LogP contribution >= 0.6 is 0 Å². The number of esters is 1. The molecule has 18 heavy (non-hydrogen) atoms. The molecule has 0 radical (unpaired) electrons. The Bertz CT molecular complexity index is 441. The van der Waals surface area contributed by atoms with Crippen molar-refractivity contribution in [1.82, 2.24) is 0 Å². The fraction of sp³-hybridized carbons (Fsp3) is 0.462. The standard InChI is InChI=1S/C13H17NO4/c1-18-13(17)12(16)10-8-9(4-5-11(10)15)14-6-2-3-7-14/h4-5,8,12,15-16H,2-3,6-7H2,1H3. The molecule has 0 saturated carbocycles. The maximum absolute atomic E-state index is 11.3. The molecule has 0 amide bonds. The summed E-state index contributed by atoms with van der Waals surface area (Å²) in [5, 5.41) is 19.5. The number of carbonyl (C=O) groups is 1. The smallest absolute Gasteiger partial charge is 0.339 e. The number of phenols is 1. The summed E-state index contributed by atoms with van der Waals surface area (Å²) in [6.45, 7) is 1.91. The quantitative estimate of drug-likeness (QED) is 0.790. The fourth-order valence-electron chi connectivity index (χ4n) is 2.17. The van der Waals surface area contributed by atoms with E-state index in [0.29, 0.717) is 0 Å². The molecule has 1 aliphatic rings. The molecule has 1 atom stereocenters. The minimum absolute atomic E-state index is 0.101. The normalized spacial score (nSPS) is 16.7. The van der Waals surface area contributed by atoms with Crippen molar-refractivity contribution < 1.29 is 19.7 Å². The third kappa shape index (κ3) is 2.41. The van der Waals surface area contributed by atoms with E-state index in [-0.39, 0.29) is 11.3 Å². The van der Waals surface area contributed by atoms with Crippen LogP contribution in [0.25, 0.3) is 0 Å². The molecule has 1 aromatic rings. The molecule has 98 valence electrons. The first-order valence-corrected chi connectivity index (χ1v) is 5.97. The van der Waals surface area contributed by atoms with E-state index in [1.807, 2.05) is 0 Å². The van der Waals surface area contributed by atoms with Gasteiger partial charge in [0.05, 0.1) is 7.11 Å². The Hall–Kier alpha value is -1.75. The summed E-state index contributed by atoms with van der Waals surface area (Å²) in [5.74, 6) is -0.875. The van der Waals surface area contributed by atoms with Gasteiger partial charge in [0.2, 0.25) is 0 Å². The average molecular weight is 251 g/mol. The minimum Gasteiger partial charge on any atom is -0.508 e. The molecule has 1 aliphatic heterocycles. The highest BCUT2D eigenvalue weighted by Crippen LogP contribution is 2.31. The molecular formula is C13H17NO4. The van der Waals surface area contributed by atoms with E-state index in [1.165, 1.54) is 13.2 Å². The van der Waals surface area contributed by atoms with Crippen molar-refractivity contribution in [1.29, 1.82) is 0 Å². The first-order chi connectivity index (χ1) is 8.63.